The van der Waals surface area contributed by atoms with Gasteiger partial charge >= 0.3 is 5.97 Å². The van der Waals surface area contributed by atoms with Crippen LogP contribution in [0.3, 0.4) is 0 Å². The zero-order chi connectivity index (χ0) is 14.4. The van der Waals surface area contributed by atoms with E-state index in [1.807, 2.05) is 13.8 Å². The van der Waals surface area contributed by atoms with E-state index in [9.17, 15) is 4.79 Å². The molecule has 1 fully saturated rings. The summed E-state index contributed by atoms with van der Waals surface area (Å²) in [6, 6.07) is 8.49. The molecule has 1 aromatic rings. The number of ether oxygens (including phenoxy) is 2. The lowest BCUT2D eigenvalue weighted by molar-refractivity contribution is -0.223. The van der Waals surface area contributed by atoms with Gasteiger partial charge in [0, 0.05) is 6.92 Å². The summed E-state index contributed by atoms with van der Waals surface area (Å²) in [5.41, 5.74) is 2.12. The number of benzene rings is 1. The van der Waals surface area contributed by atoms with Crippen molar-refractivity contribution in [2.75, 3.05) is 6.61 Å². The first-order valence-electron chi connectivity index (χ1n) is 7.10. The minimum absolute atomic E-state index is 0.156. The van der Waals surface area contributed by atoms with Crippen LogP contribution in [-0.2, 0) is 26.2 Å². The third-order valence-electron chi connectivity index (χ3n) is 4.26. The number of hydrogen-bond acceptors (Lipinski definition) is 4. The Morgan fingerprint density at radius 2 is 2.15 bits per heavy atom. The van der Waals surface area contributed by atoms with Crippen LogP contribution in [0, 0.1) is 0 Å². The van der Waals surface area contributed by atoms with Gasteiger partial charge in [0.25, 0.3) is 0 Å². The number of carbonyl (C=O) groups is 1. The summed E-state index contributed by atoms with van der Waals surface area (Å²) in [6.07, 6.45) is 1.53. The minimum atomic E-state index is -0.543. The van der Waals surface area contributed by atoms with Crippen LogP contribution in [0.15, 0.2) is 24.3 Å². The topological polar surface area (TPSA) is 47.6 Å². The fraction of sp³-hybridized carbons (Fsp3) is 0.562. The summed E-state index contributed by atoms with van der Waals surface area (Å²) in [7, 11) is 0. The van der Waals surface area contributed by atoms with Crippen LogP contribution in [0.2, 0.25) is 0 Å². The summed E-state index contributed by atoms with van der Waals surface area (Å²) in [4.78, 5) is 11.2. The summed E-state index contributed by atoms with van der Waals surface area (Å²) < 4.78 is 11.2. The van der Waals surface area contributed by atoms with Crippen LogP contribution in [0.5, 0.6) is 0 Å². The summed E-state index contributed by atoms with van der Waals surface area (Å²) in [5, 5.41) is 3.68. The smallest absolute Gasteiger partial charge is 0.305 e. The normalized spacial score (nSPS) is 31.1. The standard InChI is InChI=1S/C16H21NO3/c1-11(18)20-14-15(2,3)17-16(10-19-14)9-8-12-6-4-5-7-13(12)16/h4-7,14,17H,8-10H2,1-3H3/t14-,16-/m0/s1. The maximum absolute atomic E-state index is 11.2. The molecule has 1 saturated heterocycles. The molecule has 0 saturated carbocycles. The number of nitrogens with one attached hydrogen (secondary N) is 1. The summed E-state index contributed by atoms with van der Waals surface area (Å²) in [5.74, 6) is -0.312. The highest BCUT2D eigenvalue weighted by molar-refractivity contribution is 5.66. The number of hydrogen-bond donors (Lipinski definition) is 1. The Balaban J connectivity index is 1.88. The third-order valence-corrected chi connectivity index (χ3v) is 4.26. The molecule has 3 rings (SSSR count). The van der Waals surface area contributed by atoms with Gasteiger partial charge in [-0.3, -0.25) is 10.1 Å². The molecule has 1 aliphatic heterocycles. The van der Waals surface area contributed by atoms with Gasteiger partial charge in [-0.1, -0.05) is 24.3 Å². The van der Waals surface area contributed by atoms with Gasteiger partial charge in [-0.25, -0.2) is 0 Å². The van der Waals surface area contributed by atoms with Crippen molar-refractivity contribution in [3.05, 3.63) is 35.4 Å². The SMILES string of the molecule is CC(=O)O[C@@H]1OC[C@]2(CCc3ccccc32)NC1(C)C. The zero-order valence-electron chi connectivity index (χ0n) is 12.2. The van der Waals surface area contributed by atoms with Crippen LogP contribution < -0.4 is 5.32 Å². The van der Waals surface area contributed by atoms with E-state index in [4.69, 9.17) is 9.47 Å². The van der Waals surface area contributed by atoms with Crippen LogP contribution in [0.25, 0.3) is 0 Å². The average molecular weight is 275 g/mol. The zero-order valence-corrected chi connectivity index (χ0v) is 12.2. The number of morpholine rings is 1. The molecular weight excluding hydrogens is 254 g/mol. The van der Waals surface area contributed by atoms with E-state index in [0.29, 0.717) is 6.61 Å². The maximum Gasteiger partial charge on any atom is 0.305 e. The fourth-order valence-corrected chi connectivity index (χ4v) is 3.44. The second-order valence-corrected chi connectivity index (χ2v) is 6.34. The van der Waals surface area contributed by atoms with Gasteiger partial charge in [0.2, 0.25) is 6.29 Å². The van der Waals surface area contributed by atoms with Gasteiger partial charge in [0.15, 0.2) is 0 Å². The van der Waals surface area contributed by atoms with Crippen molar-refractivity contribution in [3.8, 4) is 0 Å². The quantitative estimate of drug-likeness (QED) is 0.798. The van der Waals surface area contributed by atoms with E-state index in [-0.39, 0.29) is 11.5 Å². The summed E-state index contributed by atoms with van der Waals surface area (Å²) >= 11 is 0. The highest BCUT2D eigenvalue weighted by Gasteiger charge is 2.50. The molecule has 0 radical (unpaired) electrons. The largest absolute Gasteiger partial charge is 0.434 e. The molecule has 0 aromatic heterocycles. The molecule has 0 amide bonds. The number of aryl methyl sites for hydroxylation is 1. The van der Waals surface area contributed by atoms with Crippen LogP contribution in [0.4, 0.5) is 0 Å². The molecule has 0 bridgehead atoms. The number of rotatable bonds is 1. The lowest BCUT2D eigenvalue weighted by Gasteiger charge is -2.48. The van der Waals surface area contributed by atoms with Crippen LogP contribution in [0.1, 0.15) is 38.3 Å². The number of carbonyl (C=O) groups excluding carboxylic acids is 1. The molecule has 0 unspecified atom stereocenters. The monoisotopic (exact) mass is 275 g/mol. The second kappa shape index (κ2) is 4.57. The molecule has 2 atom stereocenters. The lowest BCUT2D eigenvalue weighted by atomic mass is 9.86. The first kappa shape index (κ1) is 13.6. The van der Waals surface area contributed by atoms with Gasteiger partial charge in [0.1, 0.15) is 0 Å². The molecule has 4 heteroatoms. The highest BCUT2D eigenvalue weighted by atomic mass is 16.7. The third kappa shape index (κ3) is 2.13. The number of fused-ring (bicyclic) bond motifs is 2. The molecule has 1 spiro atoms. The highest BCUT2D eigenvalue weighted by Crippen LogP contribution is 2.42. The molecule has 1 heterocycles. The van der Waals surface area contributed by atoms with Gasteiger partial charge < -0.3 is 9.47 Å². The molecule has 4 nitrogen and oxygen atoms in total. The van der Waals surface area contributed by atoms with Crippen LogP contribution >= 0.6 is 0 Å². The molecule has 108 valence electrons. The fourth-order valence-electron chi connectivity index (χ4n) is 3.44. The molecule has 20 heavy (non-hydrogen) atoms. The van der Waals surface area contributed by atoms with Crippen molar-refractivity contribution >= 4 is 5.97 Å². The van der Waals surface area contributed by atoms with Crippen molar-refractivity contribution in [3.63, 3.8) is 0 Å². The van der Waals surface area contributed by atoms with Crippen molar-refractivity contribution in [1.82, 2.24) is 5.32 Å². The summed E-state index contributed by atoms with van der Waals surface area (Å²) in [6.45, 7) is 5.98. The molecular formula is C16H21NO3. The van der Waals surface area contributed by atoms with Crippen molar-refractivity contribution in [1.29, 1.82) is 0 Å². The minimum Gasteiger partial charge on any atom is -0.434 e. The Morgan fingerprint density at radius 3 is 2.85 bits per heavy atom. The molecule has 2 aliphatic rings. The van der Waals surface area contributed by atoms with Gasteiger partial charge in [-0.2, -0.15) is 0 Å². The van der Waals surface area contributed by atoms with Gasteiger partial charge in [-0.05, 0) is 37.8 Å². The van der Waals surface area contributed by atoms with E-state index in [1.54, 1.807) is 0 Å². The van der Waals surface area contributed by atoms with E-state index in [1.165, 1.54) is 18.1 Å². The Bertz CT molecular complexity index is 540. The predicted octanol–water partition coefficient (Wildman–Crippen LogP) is 2.12. The maximum atomic E-state index is 11.2. The van der Waals surface area contributed by atoms with Crippen molar-refractivity contribution in [2.45, 2.75) is 51.0 Å². The van der Waals surface area contributed by atoms with E-state index in [2.05, 4.69) is 29.6 Å². The van der Waals surface area contributed by atoms with Crippen molar-refractivity contribution in [2.24, 2.45) is 0 Å². The first-order chi connectivity index (χ1) is 9.43. The van der Waals surface area contributed by atoms with Gasteiger partial charge in [-0.15, -0.1) is 0 Å². The van der Waals surface area contributed by atoms with E-state index >= 15 is 0 Å². The van der Waals surface area contributed by atoms with Crippen molar-refractivity contribution < 1.29 is 14.3 Å². The Labute approximate surface area is 119 Å². The molecule has 1 aliphatic carbocycles. The Kier molecular flexibility index (Phi) is 3.10. The van der Waals surface area contributed by atoms with E-state index in [0.717, 1.165) is 12.8 Å². The van der Waals surface area contributed by atoms with Gasteiger partial charge in [0.05, 0.1) is 17.7 Å². The second-order valence-electron chi connectivity index (χ2n) is 6.34. The Morgan fingerprint density at radius 1 is 1.40 bits per heavy atom. The predicted molar refractivity (Wildman–Crippen MR) is 75.2 cm³/mol. The number of esters is 1. The first-order valence-corrected chi connectivity index (χ1v) is 7.10. The molecule has 1 aromatic carbocycles. The molecule has 1 N–H and O–H groups in total. The average Bonchev–Trinajstić information content (AvgIpc) is 2.72. The van der Waals surface area contributed by atoms with Crippen LogP contribution in [-0.4, -0.2) is 24.4 Å². The Hall–Kier alpha value is -1.39. The lowest BCUT2D eigenvalue weighted by Crippen LogP contribution is -2.66. The van der Waals surface area contributed by atoms with E-state index < -0.39 is 11.8 Å².